The fraction of sp³-hybridized carbons (Fsp3) is 0.800. The Morgan fingerprint density at radius 3 is 2.83 bits per heavy atom. The number of nitrogens with one attached hydrogen (secondary N) is 1. The van der Waals surface area contributed by atoms with Gasteiger partial charge in [-0.25, -0.2) is 4.68 Å². The fourth-order valence-electron chi connectivity index (χ4n) is 3.24. The van der Waals surface area contributed by atoms with Crippen molar-refractivity contribution in [2.75, 3.05) is 24.7 Å². The molecule has 1 amide bonds. The van der Waals surface area contributed by atoms with Crippen LogP contribution >= 0.6 is 11.8 Å². The molecule has 3 N–H and O–H groups in total. The molecule has 0 radical (unpaired) electrons. The van der Waals surface area contributed by atoms with Gasteiger partial charge in [0.1, 0.15) is 0 Å². The molecule has 1 aliphatic carbocycles. The van der Waals surface area contributed by atoms with E-state index >= 15 is 0 Å². The summed E-state index contributed by atoms with van der Waals surface area (Å²) in [4.78, 5) is 11.9. The summed E-state index contributed by atoms with van der Waals surface area (Å²) < 4.78 is 7.05. The van der Waals surface area contributed by atoms with Crippen LogP contribution in [0.5, 0.6) is 0 Å². The zero-order valence-corrected chi connectivity index (χ0v) is 14.2. The average Bonchev–Trinajstić information content (AvgIpc) is 3.22. The van der Waals surface area contributed by atoms with Gasteiger partial charge >= 0.3 is 0 Å². The SMILES string of the molecule is Nn1c(SCC(=O)NC[C@@H]2CCCO2)nnc1C1CCCCC1. The van der Waals surface area contributed by atoms with Crippen molar-refractivity contribution in [3.05, 3.63) is 5.82 Å². The number of carbonyl (C=O) groups is 1. The minimum absolute atomic E-state index is 0.0206. The number of thioether (sulfide) groups is 1. The van der Waals surface area contributed by atoms with Gasteiger partial charge in [-0.1, -0.05) is 31.0 Å². The summed E-state index contributed by atoms with van der Waals surface area (Å²) in [5, 5.41) is 11.9. The minimum atomic E-state index is -0.0206. The number of rotatable bonds is 6. The third-order valence-corrected chi connectivity index (χ3v) is 5.49. The summed E-state index contributed by atoms with van der Waals surface area (Å²) >= 11 is 1.33. The van der Waals surface area contributed by atoms with Crippen LogP contribution in [0.25, 0.3) is 0 Å². The second-order valence-electron chi connectivity index (χ2n) is 6.27. The van der Waals surface area contributed by atoms with Gasteiger partial charge in [0.2, 0.25) is 11.1 Å². The van der Waals surface area contributed by atoms with Gasteiger partial charge in [-0.3, -0.25) is 4.79 Å². The van der Waals surface area contributed by atoms with E-state index in [1.807, 2.05) is 0 Å². The quantitative estimate of drug-likeness (QED) is 0.601. The second kappa shape index (κ2) is 8.01. The van der Waals surface area contributed by atoms with Gasteiger partial charge < -0.3 is 15.9 Å². The lowest BCUT2D eigenvalue weighted by molar-refractivity contribution is -0.119. The molecule has 1 saturated heterocycles. The van der Waals surface area contributed by atoms with E-state index in [0.717, 1.165) is 38.1 Å². The molecule has 128 valence electrons. The molecule has 2 fully saturated rings. The first-order valence-corrected chi connectivity index (χ1v) is 9.44. The van der Waals surface area contributed by atoms with Crippen LogP contribution in [0.15, 0.2) is 5.16 Å². The Bertz CT molecular complexity index is 524. The van der Waals surface area contributed by atoms with Gasteiger partial charge in [-0.2, -0.15) is 0 Å². The summed E-state index contributed by atoms with van der Waals surface area (Å²) in [5.41, 5.74) is 0. The van der Waals surface area contributed by atoms with E-state index in [2.05, 4.69) is 15.5 Å². The lowest BCUT2D eigenvalue weighted by atomic mass is 9.89. The van der Waals surface area contributed by atoms with Crippen molar-refractivity contribution in [2.45, 2.75) is 62.1 Å². The van der Waals surface area contributed by atoms with E-state index in [4.69, 9.17) is 10.6 Å². The first-order valence-electron chi connectivity index (χ1n) is 8.45. The van der Waals surface area contributed by atoms with Crippen LogP contribution in [0.3, 0.4) is 0 Å². The van der Waals surface area contributed by atoms with Crippen LogP contribution in [0.2, 0.25) is 0 Å². The third-order valence-electron chi connectivity index (χ3n) is 4.54. The molecule has 23 heavy (non-hydrogen) atoms. The second-order valence-corrected chi connectivity index (χ2v) is 7.22. The molecule has 0 unspecified atom stereocenters. The normalized spacial score (nSPS) is 22.3. The number of nitrogen functional groups attached to an aromatic ring is 1. The molecule has 8 heteroatoms. The monoisotopic (exact) mass is 339 g/mol. The molecular weight excluding hydrogens is 314 g/mol. The summed E-state index contributed by atoms with van der Waals surface area (Å²) in [7, 11) is 0. The van der Waals surface area contributed by atoms with Crippen LogP contribution in [-0.2, 0) is 9.53 Å². The highest BCUT2D eigenvalue weighted by atomic mass is 32.2. The Morgan fingerprint density at radius 1 is 1.26 bits per heavy atom. The van der Waals surface area contributed by atoms with E-state index in [0.29, 0.717) is 23.4 Å². The van der Waals surface area contributed by atoms with Crippen LogP contribution in [0.1, 0.15) is 56.7 Å². The van der Waals surface area contributed by atoms with Crippen molar-refractivity contribution in [3.63, 3.8) is 0 Å². The van der Waals surface area contributed by atoms with Crippen molar-refractivity contribution in [1.29, 1.82) is 0 Å². The molecule has 0 bridgehead atoms. The molecule has 2 heterocycles. The predicted molar refractivity (Wildman–Crippen MR) is 88.7 cm³/mol. The van der Waals surface area contributed by atoms with E-state index in [9.17, 15) is 4.79 Å². The maximum atomic E-state index is 11.9. The van der Waals surface area contributed by atoms with Gasteiger partial charge in [0.05, 0.1) is 11.9 Å². The molecular formula is C15H25N5O2S. The first-order chi connectivity index (χ1) is 11.2. The van der Waals surface area contributed by atoms with Gasteiger partial charge in [0, 0.05) is 19.1 Å². The van der Waals surface area contributed by atoms with Gasteiger partial charge in [0.25, 0.3) is 0 Å². The van der Waals surface area contributed by atoms with Gasteiger partial charge in [-0.15, -0.1) is 10.2 Å². The van der Waals surface area contributed by atoms with Crippen molar-refractivity contribution >= 4 is 17.7 Å². The molecule has 2 aliphatic rings. The Hall–Kier alpha value is -1.28. The molecule has 0 aromatic carbocycles. The molecule has 1 atom stereocenters. The van der Waals surface area contributed by atoms with E-state index < -0.39 is 0 Å². The largest absolute Gasteiger partial charge is 0.376 e. The van der Waals surface area contributed by atoms with Crippen molar-refractivity contribution in [1.82, 2.24) is 20.2 Å². The summed E-state index contributed by atoms with van der Waals surface area (Å²) in [5.74, 6) is 7.65. The summed E-state index contributed by atoms with van der Waals surface area (Å²) in [6.45, 7) is 1.39. The highest BCUT2D eigenvalue weighted by Gasteiger charge is 2.23. The topological polar surface area (TPSA) is 95.1 Å². The van der Waals surface area contributed by atoms with E-state index in [1.165, 1.54) is 31.0 Å². The zero-order chi connectivity index (χ0) is 16.1. The smallest absolute Gasteiger partial charge is 0.230 e. The number of carbonyl (C=O) groups excluding carboxylic acids is 1. The van der Waals surface area contributed by atoms with Crippen LogP contribution in [0.4, 0.5) is 0 Å². The van der Waals surface area contributed by atoms with Crippen LogP contribution < -0.4 is 11.2 Å². The standard InChI is InChI=1S/C15H25N5O2S/c16-20-14(11-5-2-1-3-6-11)18-19-15(20)23-10-13(21)17-9-12-7-4-8-22-12/h11-12H,1-10,16H2,(H,17,21)/t12-/m0/s1. The lowest BCUT2D eigenvalue weighted by Gasteiger charge is -2.20. The lowest BCUT2D eigenvalue weighted by Crippen LogP contribution is -2.33. The Kier molecular flexibility index (Phi) is 5.77. The number of ether oxygens (including phenoxy) is 1. The first kappa shape index (κ1) is 16.6. The fourth-order valence-corrected chi connectivity index (χ4v) is 3.93. The molecule has 7 nitrogen and oxygen atoms in total. The minimum Gasteiger partial charge on any atom is -0.376 e. The van der Waals surface area contributed by atoms with E-state index in [-0.39, 0.29) is 12.0 Å². The molecule has 1 saturated carbocycles. The zero-order valence-electron chi connectivity index (χ0n) is 13.4. The number of amides is 1. The van der Waals surface area contributed by atoms with Gasteiger partial charge in [-0.05, 0) is 25.7 Å². The maximum absolute atomic E-state index is 11.9. The highest BCUT2D eigenvalue weighted by Crippen LogP contribution is 2.32. The molecule has 1 aromatic heterocycles. The Morgan fingerprint density at radius 2 is 2.09 bits per heavy atom. The van der Waals surface area contributed by atoms with Crippen LogP contribution in [0, 0.1) is 0 Å². The number of nitrogens with two attached hydrogens (primary N) is 1. The molecule has 0 spiro atoms. The van der Waals surface area contributed by atoms with Gasteiger partial charge in [0.15, 0.2) is 5.82 Å². The molecule has 1 aliphatic heterocycles. The van der Waals surface area contributed by atoms with E-state index in [1.54, 1.807) is 4.68 Å². The maximum Gasteiger partial charge on any atom is 0.230 e. The molecule has 1 aromatic rings. The highest BCUT2D eigenvalue weighted by molar-refractivity contribution is 7.99. The van der Waals surface area contributed by atoms with Crippen molar-refractivity contribution < 1.29 is 9.53 Å². The number of nitrogens with zero attached hydrogens (tertiary/aromatic N) is 3. The predicted octanol–water partition coefficient (Wildman–Crippen LogP) is 1.43. The average molecular weight is 339 g/mol. The Balaban J connectivity index is 1.46. The number of aromatic nitrogens is 3. The number of hydrogen-bond donors (Lipinski definition) is 2. The summed E-state index contributed by atoms with van der Waals surface area (Å²) in [6, 6.07) is 0. The molecule has 3 rings (SSSR count). The number of hydrogen-bond acceptors (Lipinski definition) is 6. The Labute approximate surface area is 140 Å². The summed E-state index contributed by atoms with van der Waals surface area (Å²) in [6.07, 6.45) is 8.27. The van der Waals surface area contributed by atoms with Crippen molar-refractivity contribution in [2.24, 2.45) is 0 Å². The third kappa shape index (κ3) is 4.38. The van der Waals surface area contributed by atoms with Crippen LogP contribution in [-0.4, -0.2) is 45.8 Å². The van der Waals surface area contributed by atoms with Crippen molar-refractivity contribution in [3.8, 4) is 0 Å².